The molecule has 0 radical (unpaired) electrons. The highest BCUT2D eigenvalue weighted by molar-refractivity contribution is 5.92. The second kappa shape index (κ2) is 3.89. The summed E-state index contributed by atoms with van der Waals surface area (Å²) in [5, 5.41) is 10.0. The van der Waals surface area contributed by atoms with Crippen LogP contribution >= 0.6 is 0 Å². The molecule has 3 N–H and O–H groups in total. The van der Waals surface area contributed by atoms with Crippen LogP contribution in [-0.4, -0.2) is 15.6 Å². The monoisotopic (exact) mass is 218 g/mol. The van der Waals surface area contributed by atoms with Crippen molar-refractivity contribution < 1.29 is 9.90 Å². The van der Waals surface area contributed by atoms with E-state index in [1.165, 1.54) is 0 Å². The lowest BCUT2D eigenvalue weighted by molar-refractivity contribution is -0.140. The standard InChI is InChI=1S/C12H14N2O2/c1-2-10(12(15)16)14-7-6-8-9(13)4-3-5-11(8)14/h3-7,10H,2,13H2,1H3,(H,15,16). The fourth-order valence-electron chi connectivity index (χ4n) is 1.97. The molecular weight excluding hydrogens is 204 g/mol. The van der Waals surface area contributed by atoms with Crippen molar-refractivity contribution in [1.29, 1.82) is 0 Å². The highest BCUT2D eigenvalue weighted by atomic mass is 16.4. The molecule has 2 rings (SSSR count). The number of nitrogens with two attached hydrogens (primary N) is 1. The number of carboxylic acids is 1. The van der Waals surface area contributed by atoms with Gasteiger partial charge in [0.1, 0.15) is 6.04 Å². The fourth-order valence-corrected chi connectivity index (χ4v) is 1.97. The smallest absolute Gasteiger partial charge is 0.326 e. The van der Waals surface area contributed by atoms with Gasteiger partial charge < -0.3 is 15.4 Å². The van der Waals surface area contributed by atoms with Crippen molar-refractivity contribution in [3.05, 3.63) is 30.5 Å². The SMILES string of the molecule is CCC(C(=O)O)n1ccc2c(N)cccc21. The van der Waals surface area contributed by atoms with Gasteiger partial charge in [-0.2, -0.15) is 0 Å². The third-order valence-electron chi connectivity index (χ3n) is 2.80. The molecule has 0 spiro atoms. The zero-order valence-electron chi connectivity index (χ0n) is 9.05. The molecule has 84 valence electrons. The number of carbonyl (C=O) groups is 1. The quantitative estimate of drug-likeness (QED) is 0.776. The molecule has 1 aromatic heterocycles. The maximum absolute atomic E-state index is 11.1. The topological polar surface area (TPSA) is 68.2 Å². The number of nitrogen functional groups attached to an aromatic ring is 1. The predicted octanol–water partition coefficient (Wildman–Crippen LogP) is 2.26. The molecule has 0 saturated carbocycles. The van der Waals surface area contributed by atoms with Crippen LogP contribution in [0.2, 0.25) is 0 Å². The number of benzene rings is 1. The van der Waals surface area contributed by atoms with Crippen molar-refractivity contribution in [2.75, 3.05) is 5.73 Å². The minimum atomic E-state index is -0.817. The molecule has 0 fully saturated rings. The van der Waals surface area contributed by atoms with Gasteiger partial charge in [-0.3, -0.25) is 0 Å². The maximum atomic E-state index is 11.1. The Hall–Kier alpha value is -1.97. The Labute approximate surface area is 93.3 Å². The first kappa shape index (κ1) is 10.5. The molecule has 4 nitrogen and oxygen atoms in total. The summed E-state index contributed by atoms with van der Waals surface area (Å²) in [5.74, 6) is -0.817. The number of aliphatic carboxylic acids is 1. The van der Waals surface area contributed by atoms with Crippen molar-refractivity contribution in [2.45, 2.75) is 19.4 Å². The number of rotatable bonds is 3. The average Bonchev–Trinajstić information content (AvgIpc) is 2.64. The predicted molar refractivity (Wildman–Crippen MR) is 63.3 cm³/mol. The van der Waals surface area contributed by atoms with Crippen LogP contribution in [0.5, 0.6) is 0 Å². The first-order valence-corrected chi connectivity index (χ1v) is 5.23. The Morgan fingerprint density at radius 3 is 2.88 bits per heavy atom. The summed E-state index contributed by atoms with van der Waals surface area (Å²) < 4.78 is 1.76. The van der Waals surface area contributed by atoms with Crippen LogP contribution in [0.4, 0.5) is 5.69 Å². The Morgan fingerprint density at radius 2 is 2.25 bits per heavy atom. The van der Waals surface area contributed by atoms with Crippen molar-refractivity contribution in [3.8, 4) is 0 Å². The van der Waals surface area contributed by atoms with Gasteiger partial charge in [0.05, 0.1) is 5.52 Å². The lowest BCUT2D eigenvalue weighted by Gasteiger charge is -2.13. The van der Waals surface area contributed by atoms with Gasteiger partial charge in [-0.15, -0.1) is 0 Å². The van der Waals surface area contributed by atoms with E-state index in [0.717, 1.165) is 10.9 Å². The van der Waals surface area contributed by atoms with E-state index in [1.807, 2.05) is 31.2 Å². The van der Waals surface area contributed by atoms with Crippen LogP contribution in [0, 0.1) is 0 Å². The second-order valence-electron chi connectivity index (χ2n) is 3.77. The number of hydrogen-bond donors (Lipinski definition) is 2. The van der Waals surface area contributed by atoms with Crippen molar-refractivity contribution in [2.24, 2.45) is 0 Å². The number of fused-ring (bicyclic) bond motifs is 1. The molecule has 4 heteroatoms. The number of hydrogen-bond acceptors (Lipinski definition) is 2. The van der Waals surface area contributed by atoms with Gasteiger partial charge in [0.2, 0.25) is 0 Å². The van der Waals surface area contributed by atoms with E-state index >= 15 is 0 Å². The van der Waals surface area contributed by atoms with E-state index in [4.69, 9.17) is 10.8 Å². The van der Waals surface area contributed by atoms with Gasteiger partial charge in [-0.05, 0) is 24.6 Å². The molecule has 0 bridgehead atoms. The number of carboxylic acid groups (broad SMARTS) is 1. The highest BCUT2D eigenvalue weighted by Crippen LogP contribution is 2.26. The third kappa shape index (κ3) is 1.52. The van der Waals surface area contributed by atoms with Crippen LogP contribution in [-0.2, 0) is 4.79 Å². The number of aromatic nitrogens is 1. The summed E-state index contributed by atoms with van der Waals surface area (Å²) in [6, 6.07) is 6.87. The molecule has 0 aliphatic rings. The van der Waals surface area contributed by atoms with E-state index in [0.29, 0.717) is 12.1 Å². The number of anilines is 1. The van der Waals surface area contributed by atoms with E-state index in [1.54, 1.807) is 10.8 Å². The van der Waals surface area contributed by atoms with Gasteiger partial charge >= 0.3 is 5.97 Å². The van der Waals surface area contributed by atoms with Gasteiger partial charge in [-0.25, -0.2) is 4.79 Å². The molecule has 1 aromatic carbocycles. The van der Waals surface area contributed by atoms with Crippen LogP contribution in [0.1, 0.15) is 19.4 Å². The largest absolute Gasteiger partial charge is 0.480 e. The summed E-state index contributed by atoms with van der Waals surface area (Å²) in [6.45, 7) is 1.86. The first-order valence-electron chi connectivity index (χ1n) is 5.23. The van der Waals surface area contributed by atoms with E-state index in [9.17, 15) is 4.79 Å². The average molecular weight is 218 g/mol. The van der Waals surface area contributed by atoms with E-state index < -0.39 is 12.0 Å². The first-order chi connectivity index (χ1) is 7.65. The fraction of sp³-hybridized carbons (Fsp3) is 0.250. The van der Waals surface area contributed by atoms with Crippen molar-refractivity contribution in [1.82, 2.24) is 4.57 Å². The van der Waals surface area contributed by atoms with E-state index in [2.05, 4.69) is 0 Å². The molecule has 0 aliphatic carbocycles. The Bertz CT molecular complexity index is 531. The summed E-state index contributed by atoms with van der Waals surface area (Å²) in [5.41, 5.74) is 7.37. The molecule has 0 amide bonds. The molecule has 2 aromatic rings. The zero-order chi connectivity index (χ0) is 11.7. The van der Waals surface area contributed by atoms with Gasteiger partial charge in [0.25, 0.3) is 0 Å². The lowest BCUT2D eigenvalue weighted by Crippen LogP contribution is -2.17. The van der Waals surface area contributed by atoms with Crippen LogP contribution in [0.25, 0.3) is 10.9 Å². The van der Waals surface area contributed by atoms with Gasteiger partial charge in [-0.1, -0.05) is 13.0 Å². The summed E-state index contributed by atoms with van der Waals surface area (Å²) in [7, 11) is 0. The van der Waals surface area contributed by atoms with Crippen molar-refractivity contribution in [3.63, 3.8) is 0 Å². The second-order valence-corrected chi connectivity index (χ2v) is 3.77. The van der Waals surface area contributed by atoms with Crippen LogP contribution in [0.15, 0.2) is 30.5 Å². The Morgan fingerprint density at radius 1 is 1.50 bits per heavy atom. The summed E-state index contributed by atoms with van der Waals surface area (Å²) in [6.07, 6.45) is 2.33. The maximum Gasteiger partial charge on any atom is 0.326 e. The molecule has 1 heterocycles. The van der Waals surface area contributed by atoms with Crippen LogP contribution < -0.4 is 5.73 Å². The minimum absolute atomic E-state index is 0.528. The van der Waals surface area contributed by atoms with Crippen molar-refractivity contribution >= 4 is 22.6 Å². The van der Waals surface area contributed by atoms with E-state index in [-0.39, 0.29) is 0 Å². The molecule has 0 saturated heterocycles. The third-order valence-corrected chi connectivity index (χ3v) is 2.80. The van der Waals surface area contributed by atoms with Gasteiger partial charge in [0.15, 0.2) is 0 Å². The van der Waals surface area contributed by atoms with Gasteiger partial charge in [0, 0.05) is 17.3 Å². The molecule has 1 atom stereocenters. The Balaban J connectivity index is 2.61. The molecule has 1 unspecified atom stereocenters. The number of nitrogens with zero attached hydrogens (tertiary/aromatic N) is 1. The summed E-state index contributed by atoms with van der Waals surface area (Å²) >= 11 is 0. The highest BCUT2D eigenvalue weighted by Gasteiger charge is 2.18. The molecule has 16 heavy (non-hydrogen) atoms. The molecule has 0 aliphatic heterocycles. The molecular formula is C12H14N2O2. The Kier molecular flexibility index (Phi) is 2.56. The minimum Gasteiger partial charge on any atom is -0.480 e. The normalized spacial score (nSPS) is 12.8. The van der Waals surface area contributed by atoms with Crippen LogP contribution in [0.3, 0.4) is 0 Å². The zero-order valence-corrected chi connectivity index (χ0v) is 9.05. The lowest BCUT2D eigenvalue weighted by atomic mass is 10.2. The summed E-state index contributed by atoms with van der Waals surface area (Å²) in [4.78, 5) is 11.1.